The van der Waals surface area contributed by atoms with Crippen LogP contribution in [-0.4, -0.2) is 30.8 Å². The molecule has 0 aliphatic heterocycles. The first-order valence-corrected chi connectivity index (χ1v) is 4.79. The molecule has 6 heteroatoms. The van der Waals surface area contributed by atoms with Gasteiger partial charge in [0.15, 0.2) is 4.75 Å². The molecule has 1 N–H and O–H groups in total. The van der Waals surface area contributed by atoms with Crippen molar-refractivity contribution in [2.45, 2.75) is 25.5 Å². The molecule has 0 saturated heterocycles. The van der Waals surface area contributed by atoms with Crippen molar-refractivity contribution in [3.63, 3.8) is 0 Å². The van der Waals surface area contributed by atoms with Crippen LogP contribution in [0.25, 0.3) is 0 Å². The van der Waals surface area contributed by atoms with Gasteiger partial charge in [0, 0.05) is 0 Å². The molecule has 0 radical (unpaired) electrons. The molecule has 0 heterocycles. The molecule has 0 unspecified atom stereocenters. The molecule has 12 heavy (non-hydrogen) atoms. The van der Waals surface area contributed by atoms with Crippen molar-refractivity contribution in [2.75, 3.05) is 6.61 Å². The van der Waals surface area contributed by atoms with Gasteiger partial charge in [0.2, 0.25) is 0 Å². The zero-order valence-corrected chi connectivity index (χ0v) is 8.01. The van der Waals surface area contributed by atoms with Crippen LogP contribution in [0.5, 0.6) is 0 Å². The van der Waals surface area contributed by atoms with Gasteiger partial charge in [-0.3, -0.25) is 8.98 Å². The van der Waals surface area contributed by atoms with Crippen molar-refractivity contribution < 1.29 is 22.5 Å². The predicted octanol–water partition coefficient (Wildman–Crippen LogP) is 0.216. The highest BCUT2D eigenvalue weighted by Crippen LogP contribution is 2.18. The second-order valence-electron chi connectivity index (χ2n) is 2.68. The summed E-state index contributed by atoms with van der Waals surface area (Å²) in [5.41, 5.74) is 0. The van der Waals surface area contributed by atoms with E-state index in [2.05, 4.69) is 4.18 Å². The average molecular weight is 196 g/mol. The summed E-state index contributed by atoms with van der Waals surface area (Å²) in [4.78, 5) is 10.5. The Morgan fingerprint density at radius 1 is 1.50 bits per heavy atom. The van der Waals surface area contributed by atoms with Gasteiger partial charge in [0.25, 0.3) is 10.1 Å². The fourth-order valence-electron chi connectivity index (χ4n) is 0.409. The fraction of sp³-hybridized carbons (Fsp3) is 0.833. The van der Waals surface area contributed by atoms with Crippen LogP contribution < -0.4 is 0 Å². The van der Waals surface area contributed by atoms with Gasteiger partial charge in [0.1, 0.15) is 0 Å². The minimum Gasteiger partial charge on any atom is -0.480 e. The highest BCUT2D eigenvalue weighted by atomic mass is 32.2. The molecule has 0 aromatic carbocycles. The Hall–Kier alpha value is -0.620. The summed E-state index contributed by atoms with van der Waals surface area (Å²) in [5.74, 6) is -1.42. The number of aliphatic carboxylic acids is 1. The molecule has 72 valence electrons. The molecule has 0 fully saturated rings. The quantitative estimate of drug-likeness (QED) is 0.650. The van der Waals surface area contributed by atoms with E-state index in [1.807, 2.05) is 0 Å². The van der Waals surface area contributed by atoms with E-state index in [4.69, 9.17) is 5.11 Å². The van der Waals surface area contributed by atoms with Crippen LogP contribution in [0.15, 0.2) is 0 Å². The molecule has 0 amide bonds. The van der Waals surface area contributed by atoms with Crippen molar-refractivity contribution in [1.29, 1.82) is 0 Å². The van der Waals surface area contributed by atoms with Crippen molar-refractivity contribution in [1.82, 2.24) is 0 Å². The molecule has 0 bridgehead atoms. The summed E-state index contributed by atoms with van der Waals surface area (Å²) in [7, 11) is -4.01. The number of carboxylic acids is 1. The molecule has 0 aliphatic carbocycles. The lowest BCUT2D eigenvalue weighted by atomic mass is 10.2. The van der Waals surface area contributed by atoms with Crippen LogP contribution in [0.2, 0.25) is 0 Å². The van der Waals surface area contributed by atoms with Gasteiger partial charge in [-0.1, -0.05) is 0 Å². The van der Waals surface area contributed by atoms with Gasteiger partial charge in [-0.05, 0) is 20.8 Å². The van der Waals surface area contributed by atoms with E-state index in [1.165, 1.54) is 6.92 Å². The minimum atomic E-state index is -4.01. The Labute approximate surface area is 71.5 Å². The fourth-order valence-corrected chi connectivity index (χ4v) is 1.23. The summed E-state index contributed by atoms with van der Waals surface area (Å²) >= 11 is 0. The van der Waals surface area contributed by atoms with Crippen LogP contribution in [0.1, 0.15) is 20.8 Å². The predicted molar refractivity (Wildman–Crippen MR) is 42.3 cm³/mol. The van der Waals surface area contributed by atoms with Gasteiger partial charge in [-0.15, -0.1) is 0 Å². The zero-order chi connectivity index (χ0) is 9.99. The third-order valence-corrected chi connectivity index (χ3v) is 3.38. The first-order chi connectivity index (χ1) is 5.25. The Morgan fingerprint density at radius 2 is 1.92 bits per heavy atom. The first kappa shape index (κ1) is 11.4. The minimum absolute atomic E-state index is 0.0565. The standard InChI is InChI=1S/C6H12O5S/c1-4-11-12(9,10)6(2,3)5(7)8/h4H2,1-3H3,(H,7,8). The van der Waals surface area contributed by atoms with E-state index in [0.29, 0.717) is 0 Å². The van der Waals surface area contributed by atoms with Gasteiger partial charge >= 0.3 is 5.97 Å². The smallest absolute Gasteiger partial charge is 0.326 e. The number of hydrogen-bond acceptors (Lipinski definition) is 4. The maximum atomic E-state index is 11.1. The second kappa shape index (κ2) is 3.40. The lowest BCUT2D eigenvalue weighted by Gasteiger charge is -2.18. The van der Waals surface area contributed by atoms with E-state index in [1.54, 1.807) is 0 Å². The Kier molecular flexibility index (Phi) is 3.23. The molecular weight excluding hydrogens is 184 g/mol. The summed E-state index contributed by atoms with van der Waals surface area (Å²) < 4.78 is 24.6. The lowest BCUT2D eigenvalue weighted by molar-refractivity contribution is -0.139. The zero-order valence-electron chi connectivity index (χ0n) is 7.20. The summed E-state index contributed by atoms with van der Waals surface area (Å²) in [6.07, 6.45) is 0. The van der Waals surface area contributed by atoms with Gasteiger partial charge < -0.3 is 5.11 Å². The molecule has 0 spiro atoms. The maximum absolute atomic E-state index is 11.1. The van der Waals surface area contributed by atoms with E-state index in [0.717, 1.165) is 13.8 Å². The molecule has 0 saturated carbocycles. The molecule has 0 aromatic heterocycles. The molecule has 5 nitrogen and oxygen atoms in total. The van der Waals surface area contributed by atoms with Crippen molar-refractivity contribution >= 4 is 16.1 Å². The molecule has 0 aliphatic rings. The van der Waals surface area contributed by atoms with Gasteiger partial charge in [-0.25, -0.2) is 0 Å². The summed E-state index contributed by atoms with van der Waals surface area (Å²) in [6.45, 7) is 3.59. The van der Waals surface area contributed by atoms with E-state index in [9.17, 15) is 13.2 Å². The second-order valence-corrected chi connectivity index (χ2v) is 4.84. The van der Waals surface area contributed by atoms with Crippen molar-refractivity contribution in [3.05, 3.63) is 0 Å². The molecule has 0 rings (SSSR count). The summed E-state index contributed by atoms with van der Waals surface area (Å²) in [5, 5.41) is 8.54. The van der Waals surface area contributed by atoms with Crippen LogP contribution >= 0.6 is 0 Å². The Bertz CT molecular complexity index is 264. The molecular formula is C6H12O5S. The average Bonchev–Trinajstić information content (AvgIpc) is 1.86. The van der Waals surface area contributed by atoms with Crippen LogP contribution in [0, 0.1) is 0 Å². The van der Waals surface area contributed by atoms with Crippen LogP contribution in [-0.2, 0) is 19.1 Å². The Balaban J connectivity index is 4.90. The van der Waals surface area contributed by atoms with Crippen molar-refractivity contribution in [2.24, 2.45) is 0 Å². The number of rotatable bonds is 4. The lowest BCUT2D eigenvalue weighted by Crippen LogP contribution is -2.41. The number of carbonyl (C=O) groups is 1. The largest absolute Gasteiger partial charge is 0.480 e. The third kappa shape index (κ3) is 1.95. The van der Waals surface area contributed by atoms with Gasteiger partial charge in [0.05, 0.1) is 6.61 Å². The third-order valence-electron chi connectivity index (χ3n) is 1.41. The van der Waals surface area contributed by atoms with E-state index >= 15 is 0 Å². The van der Waals surface area contributed by atoms with E-state index < -0.39 is 20.8 Å². The van der Waals surface area contributed by atoms with Gasteiger partial charge in [-0.2, -0.15) is 8.42 Å². The van der Waals surface area contributed by atoms with E-state index in [-0.39, 0.29) is 6.61 Å². The SMILES string of the molecule is CCOS(=O)(=O)C(C)(C)C(=O)O. The highest BCUT2D eigenvalue weighted by Gasteiger charge is 2.42. The molecule has 0 atom stereocenters. The highest BCUT2D eigenvalue weighted by molar-refractivity contribution is 7.89. The van der Waals surface area contributed by atoms with Crippen LogP contribution in [0.3, 0.4) is 0 Å². The van der Waals surface area contributed by atoms with Crippen LogP contribution in [0.4, 0.5) is 0 Å². The Morgan fingerprint density at radius 3 is 2.17 bits per heavy atom. The summed E-state index contributed by atoms with van der Waals surface area (Å²) in [6, 6.07) is 0. The molecule has 0 aromatic rings. The monoisotopic (exact) mass is 196 g/mol. The maximum Gasteiger partial charge on any atom is 0.326 e. The first-order valence-electron chi connectivity index (χ1n) is 3.38. The number of hydrogen-bond donors (Lipinski definition) is 1. The number of carboxylic acid groups (broad SMARTS) is 1. The van der Waals surface area contributed by atoms with Crippen molar-refractivity contribution in [3.8, 4) is 0 Å². The topological polar surface area (TPSA) is 80.7 Å². The normalized spacial score (nSPS) is 12.9.